The van der Waals surface area contributed by atoms with Gasteiger partial charge in [0.05, 0.1) is 5.41 Å². The summed E-state index contributed by atoms with van der Waals surface area (Å²) in [6, 6.07) is 73.1. The van der Waals surface area contributed by atoms with Crippen molar-refractivity contribution in [2.75, 3.05) is 0 Å². The van der Waals surface area contributed by atoms with E-state index in [1.165, 1.54) is 66.1 Å². The molecule has 0 saturated carbocycles. The van der Waals surface area contributed by atoms with Crippen LogP contribution in [0.25, 0.3) is 88.4 Å². The fourth-order valence-electron chi connectivity index (χ4n) is 11.2. The third kappa shape index (κ3) is 4.73. The Hall–Kier alpha value is -7.75. The quantitative estimate of drug-likeness (QED) is 0.167. The predicted molar refractivity (Wildman–Crippen MR) is 256 cm³/mol. The van der Waals surface area contributed by atoms with Crippen LogP contribution >= 0.6 is 0 Å². The molecule has 0 amide bonds. The number of fused-ring (bicyclic) bond motifs is 15. The molecule has 0 aliphatic heterocycles. The summed E-state index contributed by atoms with van der Waals surface area (Å²) in [7, 11) is 0. The van der Waals surface area contributed by atoms with E-state index >= 15 is 0 Å². The lowest BCUT2D eigenvalue weighted by Gasteiger charge is -2.46. The van der Waals surface area contributed by atoms with Crippen molar-refractivity contribution in [1.82, 2.24) is 15.0 Å². The van der Waals surface area contributed by atoms with Crippen LogP contribution in [-0.2, 0) is 10.8 Å². The van der Waals surface area contributed by atoms with Crippen molar-refractivity contribution in [3.05, 3.63) is 234 Å². The topological polar surface area (TPSA) is 38.7 Å². The van der Waals surface area contributed by atoms with Crippen molar-refractivity contribution in [2.45, 2.75) is 24.7 Å². The number of hydrogen-bond acceptors (Lipinski definition) is 3. The van der Waals surface area contributed by atoms with Gasteiger partial charge >= 0.3 is 0 Å². The van der Waals surface area contributed by atoms with Gasteiger partial charge in [-0.15, -0.1) is 0 Å². The van der Waals surface area contributed by atoms with Crippen LogP contribution in [0.4, 0.5) is 0 Å². The minimum atomic E-state index is -0.535. The van der Waals surface area contributed by atoms with Crippen LogP contribution in [0.2, 0.25) is 0 Å². The molecule has 0 N–H and O–H groups in total. The first kappa shape index (κ1) is 35.0. The van der Waals surface area contributed by atoms with E-state index in [0.29, 0.717) is 17.5 Å². The van der Waals surface area contributed by atoms with Crippen LogP contribution in [0.3, 0.4) is 0 Å². The highest BCUT2D eigenvalue weighted by molar-refractivity contribution is 6.15. The molecule has 0 unspecified atom stereocenters. The van der Waals surface area contributed by atoms with Gasteiger partial charge in [-0.05, 0) is 106 Å². The highest BCUT2D eigenvalue weighted by Gasteiger charge is 2.53. The number of nitrogens with zero attached hydrogens (tertiary/aromatic N) is 3. The van der Waals surface area contributed by atoms with E-state index in [2.05, 4.69) is 214 Å². The van der Waals surface area contributed by atoms with Gasteiger partial charge < -0.3 is 0 Å². The highest BCUT2D eigenvalue weighted by Crippen LogP contribution is 2.62. The van der Waals surface area contributed by atoms with Crippen LogP contribution in [-0.4, -0.2) is 15.0 Å². The van der Waals surface area contributed by atoms with Gasteiger partial charge in [0.2, 0.25) is 0 Å². The summed E-state index contributed by atoms with van der Waals surface area (Å²) in [6.45, 7) is 4.74. The SMILES string of the molecule is CC1(C)c2ccccc2C2(c3ccccc3-c3ccc(-c4nc(-c5cc6ccccc6c6ccccc56)nc(-c5cc6ccccc6c6ccccc56)n4)cc32)c2ccccc21. The molecule has 2 aliphatic rings. The summed E-state index contributed by atoms with van der Waals surface area (Å²) in [5.41, 5.74) is 12.6. The molecule has 290 valence electrons. The Morgan fingerprint density at radius 3 is 1.24 bits per heavy atom. The second-order valence-corrected chi connectivity index (χ2v) is 17.5. The molecule has 1 spiro atoms. The lowest BCUT2D eigenvalue weighted by Crippen LogP contribution is -2.40. The number of hydrogen-bond donors (Lipinski definition) is 0. The normalized spacial score (nSPS) is 14.2. The van der Waals surface area contributed by atoms with Gasteiger partial charge in [0.15, 0.2) is 17.5 Å². The zero-order valence-electron chi connectivity index (χ0n) is 34.4. The van der Waals surface area contributed by atoms with Crippen LogP contribution in [0.15, 0.2) is 200 Å². The summed E-state index contributed by atoms with van der Waals surface area (Å²) < 4.78 is 0. The van der Waals surface area contributed by atoms with E-state index in [1.54, 1.807) is 0 Å². The molecule has 1 aromatic heterocycles. The van der Waals surface area contributed by atoms with Gasteiger partial charge in [-0.3, -0.25) is 0 Å². The number of rotatable bonds is 3. The Morgan fingerprint density at radius 1 is 0.290 bits per heavy atom. The molecule has 0 saturated heterocycles. The summed E-state index contributed by atoms with van der Waals surface area (Å²) in [4.78, 5) is 16.4. The van der Waals surface area contributed by atoms with E-state index in [1.807, 2.05) is 0 Å². The van der Waals surface area contributed by atoms with E-state index in [4.69, 9.17) is 15.0 Å². The molecule has 13 rings (SSSR count). The molecule has 1 heterocycles. The Morgan fingerprint density at radius 2 is 0.694 bits per heavy atom. The van der Waals surface area contributed by atoms with Crippen molar-refractivity contribution in [2.24, 2.45) is 0 Å². The van der Waals surface area contributed by atoms with E-state index < -0.39 is 5.41 Å². The van der Waals surface area contributed by atoms with Gasteiger partial charge in [-0.1, -0.05) is 196 Å². The van der Waals surface area contributed by atoms with Gasteiger partial charge in [0.25, 0.3) is 0 Å². The summed E-state index contributed by atoms with van der Waals surface area (Å²) >= 11 is 0. The Balaban J connectivity index is 1.12. The van der Waals surface area contributed by atoms with Crippen molar-refractivity contribution in [3.63, 3.8) is 0 Å². The smallest absolute Gasteiger partial charge is 0.164 e. The standard InChI is InChI=1S/C59H39N3/c1-58(2)50-27-13-15-29-52(50)59(53-30-16-14-28-51(53)58)49-26-12-11-25-45(49)46-32-31-38(35-54(46)59)55-60-56(47-33-36-17-3-5-19-39(36)41-21-7-9-23-43(41)47)62-57(61-55)48-34-37-18-4-6-20-40(37)42-22-8-10-24-44(42)48/h3-35H,1-2H3. The molecule has 0 fully saturated rings. The Kier molecular flexibility index (Phi) is 7.28. The minimum Gasteiger partial charge on any atom is -0.208 e. The van der Waals surface area contributed by atoms with Crippen molar-refractivity contribution < 1.29 is 0 Å². The van der Waals surface area contributed by atoms with E-state index in [0.717, 1.165) is 38.2 Å². The minimum absolute atomic E-state index is 0.184. The summed E-state index contributed by atoms with van der Waals surface area (Å²) in [5, 5.41) is 9.29. The van der Waals surface area contributed by atoms with Crippen molar-refractivity contribution in [3.8, 4) is 45.3 Å². The third-order valence-corrected chi connectivity index (χ3v) is 14.0. The average Bonchev–Trinajstić information content (AvgIpc) is 3.63. The lowest BCUT2D eigenvalue weighted by atomic mass is 9.55. The predicted octanol–water partition coefficient (Wildman–Crippen LogP) is 14.5. The zero-order chi connectivity index (χ0) is 41.2. The number of benzene rings is 10. The van der Waals surface area contributed by atoms with Gasteiger partial charge in [0, 0.05) is 22.1 Å². The molecule has 3 heteroatoms. The molecule has 0 atom stereocenters. The fraction of sp³-hybridized carbons (Fsp3) is 0.0678. The first-order chi connectivity index (χ1) is 30.5. The third-order valence-electron chi connectivity index (χ3n) is 14.0. The molecule has 0 bridgehead atoms. The highest BCUT2D eigenvalue weighted by atomic mass is 15.0. The molecule has 2 aliphatic carbocycles. The Labute approximate surface area is 360 Å². The maximum atomic E-state index is 5.50. The molecule has 0 radical (unpaired) electrons. The zero-order valence-corrected chi connectivity index (χ0v) is 34.4. The van der Waals surface area contributed by atoms with Crippen molar-refractivity contribution in [1.29, 1.82) is 0 Å². The van der Waals surface area contributed by atoms with Gasteiger partial charge in [0.1, 0.15) is 0 Å². The average molecular weight is 790 g/mol. The van der Waals surface area contributed by atoms with Crippen LogP contribution in [0.5, 0.6) is 0 Å². The van der Waals surface area contributed by atoms with Crippen LogP contribution in [0, 0.1) is 0 Å². The molecule has 3 nitrogen and oxygen atoms in total. The first-order valence-electron chi connectivity index (χ1n) is 21.5. The number of aromatic nitrogens is 3. The molecular formula is C59H39N3. The van der Waals surface area contributed by atoms with E-state index in [9.17, 15) is 0 Å². The Bertz CT molecular complexity index is 3500. The monoisotopic (exact) mass is 789 g/mol. The fourth-order valence-corrected chi connectivity index (χ4v) is 11.2. The maximum absolute atomic E-state index is 5.50. The second-order valence-electron chi connectivity index (χ2n) is 17.5. The van der Waals surface area contributed by atoms with Gasteiger partial charge in [-0.2, -0.15) is 0 Å². The maximum Gasteiger partial charge on any atom is 0.164 e. The van der Waals surface area contributed by atoms with E-state index in [-0.39, 0.29) is 5.41 Å². The molecule has 10 aromatic carbocycles. The van der Waals surface area contributed by atoms with Crippen molar-refractivity contribution >= 4 is 43.1 Å². The molecular weight excluding hydrogens is 751 g/mol. The molecule has 62 heavy (non-hydrogen) atoms. The summed E-state index contributed by atoms with van der Waals surface area (Å²) in [6.07, 6.45) is 0. The van der Waals surface area contributed by atoms with Crippen LogP contribution < -0.4 is 0 Å². The summed E-state index contributed by atoms with van der Waals surface area (Å²) in [5.74, 6) is 1.95. The lowest BCUT2D eigenvalue weighted by molar-refractivity contribution is 0.563. The first-order valence-corrected chi connectivity index (χ1v) is 21.5. The van der Waals surface area contributed by atoms with Gasteiger partial charge in [-0.25, -0.2) is 15.0 Å². The van der Waals surface area contributed by atoms with Crippen LogP contribution in [0.1, 0.15) is 47.2 Å². The molecule has 11 aromatic rings. The largest absolute Gasteiger partial charge is 0.208 e. The second kappa shape index (κ2) is 12.9.